The number of aryl methyl sites for hydroxylation is 1. The summed E-state index contributed by atoms with van der Waals surface area (Å²) in [6.45, 7) is 12.5. The zero-order valence-electron chi connectivity index (χ0n) is 16.5. The van der Waals surface area contributed by atoms with Gasteiger partial charge in [0.1, 0.15) is 18.2 Å². The van der Waals surface area contributed by atoms with E-state index >= 15 is 0 Å². The molecule has 1 aromatic carbocycles. The van der Waals surface area contributed by atoms with Crippen molar-refractivity contribution in [3.63, 3.8) is 0 Å². The van der Waals surface area contributed by atoms with Gasteiger partial charge < -0.3 is 19.7 Å². The Bertz CT molecular complexity index is 637. The summed E-state index contributed by atoms with van der Waals surface area (Å²) in [5, 5.41) is 3.27. The van der Waals surface area contributed by atoms with Crippen molar-refractivity contribution in [2.45, 2.75) is 46.3 Å². The van der Waals surface area contributed by atoms with Crippen LogP contribution in [0.2, 0.25) is 0 Å². The van der Waals surface area contributed by atoms with Gasteiger partial charge in [-0.3, -0.25) is 4.79 Å². The molecular weight excluding hydrogens is 330 g/mol. The van der Waals surface area contributed by atoms with Crippen molar-refractivity contribution in [1.82, 2.24) is 10.2 Å². The number of carbonyl (C=O) groups is 1. The van der Waals surface area contributed by atoms with Crippen LogP contribution in [-0.2, 0) is 14.3 Å². The molecule has 1 aromatic rings. The van der Waals surface area contributed by atoms with Crippen LogP contribution in [0.1, 0.15) is 44.9 Å². The van der Waals surface area contributed by atoms with Crippen molar-refractivity contribution >= 4 is 11.9 Å². The van der Waals surface area contributed by atoms with E-state index in [9.17, 15) is 4.79 Å². The van der Waals surface area contributed by atoms with Gasteiger partial charge in [0.25, 0.3) is 0 Å². The highest BCUT2D eigenvalue weighted by Crippen LogP contribution is 2.25. The average Bonchev–Trinajstić information content (AvgIpc) is 2.57. The number of rotatable bonds is 4. The van der Waals surface area contributed by atoms with E-state index in [2.05, 4.69) is 34.3 Å². The maximum absolute atomic E-state index is 12.0. The second-order valence-electron chi connectivity index (χ2n) is 7.42. The monoisotopic (exact) mass is 361 g/mol. The van der Waals surface area contributed by atoms with E-state index in [1.165, 1.54) is 11.1 Å². The number of carbonyl (C=O) groups excluding carboxylic acids is 1. The molecule has 0 saturated carbocycles. The van der Waals surface area contributed by atoms with Gasteiger partial charge in [-0.1, -0.05) is 24.3 Å². The van der Waals surface area contributed by atoms with Gasteiger partial charge >= 0.3 is 5.97 Å². The lowest BCUT2D eigenvalue weighted by atomic mass is 10.0. The number of ether oxygens (including phenoxy) is 2. The maximum Gasteiger partial charge on any atom is 0.328 e. The van der Waals surface area contributed by atoms with Gasteiger partial charge in [0.2, 0.25) is 0 Å². The summed E-state index contributed by atoms with van der Waals surface area (Å²) in [6.07, 6.45) is -0.00432. The van der Waals surface area contributed by atoms with Gasteiger partial charge in [0.15, 0.2) is 5.96 Å². The predicted octanol–water partition coefficient (Wildman–Crippen LogP) is 2.68. The molecular formula is C20H31N3O3. The lowest BCUT2D eigenvalue weighted by Gasteiger charge is -2.35. The summed E-state index contributed by atoms with van der Waals surface area (Å²) in [4.78, 5) is 18.6. The van der Waals surface area contributed by atoms with Gasteiger partial charge in [0.05, 0.1) is 13.2 Å². The van der Waals surface area contributed by atoms with E-state index in [1.54, 1.807) is 0 Å². The minimum absolute atomic E-state index is 0.00432. The van der Waals surface area contributed by atoms with E-state index < -0.39 is 5.60 Å². The van der Waals surface area contributed by atoms with Gasteiger partial charge in [-0.2, -0.15) is 0 Å². The highest BCUT2D eigenvalue weighted by atomic mass is 16.6. The van der Waals surface area contributed by atoms with Crippen LogP contribution in [0.25, 0.3) is 0 Å². The van der Waals surface area contributed by atoms with Crippen LogP contribution in [0.15, 0.2) is 29.3 Å². The molecule has 1 unspecified atom stereocenters. The van der Waals surface area contributed by atoms with Crippen LogP contribution in [0.5, 0.6) is 0 Å². The number of esters is 1. The van der Waals surface area contributed by atoms with Crippen molar-refractivity contribution < 1.29 is 14.3 Å². The topological polar surface area (TPSA) is 63.2 Å². The molecule has 0 aliphatic carbocycles. The molecule has 2 rings (SSSR count). The molecule has 26 heavy (non-hydrogen) atoms. The molecule has 0 radical (unpaired) electrons. The Morgan fingerprint density at radius 2 is 2.12 bits per heavy atom. The number of aliphatic imine (C=N–C) groups is 1. The van der Waals surface area contributed by atoms with Gasteiger partial charge in [0, 0.05) is 13.1 Å². The van der Waals surface area contributed by atoms with Gasteiger partial charge in [-0.05, 0) is 45.7 Å². The predicted molar refractivity (Wildman–Crippen MR) is 103 cm³/mol. The summed E-state index contributed by atoms with van der Waals surface area (Å²) in [6, 6.07) is 8.27. The second kappa shape index (κ2) is 9.03. The first-order valence-corrected chi connectivity index (χ1v) is 9.22. The molecule has 6 heteroatoms. The first-order chi connectivity index (χ1) is 12.3. The van der Waals surface area contributed by atoms with Crippen LogP contribution in [0.4, 0.5) is 0 Å². The molecule has 1 N–H and O–H groups in total. The maximum atomic E-state index is 12.0. The van der Waals surface area contributed by atoms with Crippen LogP contribution >= 0.6 is 0 Å². The third-order valence-electron chi connectivity index (χ3n) is 4.01. The smallest absolute Gasteiger partial charge is 0.328 e. The molecule has 1 heterocycles. The Morgan fingerprint density at radius 1 is 1.38 bits per heavy atom. The Labute approximate surface area is 156 Å². The highest BCUT2D eigenvalue weighted by Gasteiger charge is 2.25. The fourth-order valence-corrected chi connectivity index (χ4v) is 2.92. The number of nitrogens with zero attached hydrogens (tertiary/aromatic N) is 2. The Morgan fingerprint density at radius 3 is 2.77 bits per heavy atom. The Balaban J connectivity index is 2.07. The summed E-state index contributed by atoms with van der Waals surface area (Å²) in [5.74, 6) is 0.400. The molecule has 0 amide bonds. The van der Waals surface area contributed by atoms with Gasteiger partial charge in [-0.15, -0.1) is 0 Å². The van der Waals surface area contributed by atoms with E-state index in [0.29, 0.717) is 13.2 Å². The molecule has 0 bridgehead atoms. The standard InChI is InChI=1S/C20H31N3O3/c1-6-21-19(22-13-18(24)26-20(3,4)5)23-11-12-25-17(14-23)16-10-8-7-9-15(16)2/h7-10,17H,6,11-14H2,1-5H3,(H,21,22). The van der Waals surface area contributed by atoms with Gasteiger partial charge in [-0.25, -0.2) is 4.99 Å². The van der Waals surface area contributed by atoms with Crippen LogP contribution in [-0.4, -0.2) is 55.2 Å². The minimum Gasteiger partial charge on any atom is -0.459 e. The van der Waals surface area contributed by atoms with Crippen LogP contribution in [0.3, 0.4) is 0 Å². The fourth-order valence-electron chi connectivity index (χ4n) is 2.92. The zero-order valence-corrected chi connectivity index (χ0v) is 16.5. The van der Waals surface area contributed by atoms with Crippen LogP contribution < -0.4 is 5.32 Å². The van der Waals surface area contributed by atoms with Crippen molar-refractivity contribution in [3.8, 4) is 0 Å². The number of guanidine groups is 1. The number of morpholine rings is 1. The molecule has 1 atom stereocenters. The molecule has 0 spiro atoms. The van der Waals surface area contributed by atoms with E-state index in [4.69, 9.17) is 9.47 Å². The lowest BCUT2D eigenvalue weighted by Crippen LogP contribution is -2.48. The zero-order chi connectivity index (χ0) is 19.2. The van der Waals surface area contributed by atoms with E-state index in [-0.39, 0.29) is 18.6 Å². The molecule has 1 saturated heterocycles. The first-order valence-electron chi connectivity index (χ1n) is 9.22. The first kappa shape index (κ1) is 20.2. The summed E-state index contributed by atoms with van der Waals surface area (Å²) < 4.78 is 11.3. The summed E-state index contributed by atoms with van der Waals surface area (Å²) in [7, 11) is 0. The summed E-state index contributed by atoms with van der Waals surface area (Å²) >= 11 is 0. The molecule has 1 fully saturated rings. The van der Waals surface area contributed by atoms with Crippen molar-refractivity contribution in [2.75, 3.05) is 32.8 Å². The molecule has 0 aromatic heterocycles. The van der Waals surface area contributed by atoms with E-state index in [0.717, 1.165) is 19.0 Å². The fraction of sp³-hybridized carbons (Fsp3) is 0.600. The lowest BCUT2D eigenvalue weighted by molar-refractivity contribution is -0.152. The third kappa shape index (κ3) is 6.02. The van der Waals surface area contributed by atoms with Crippen molar-refractivity contribution in [3.05, 3.63) is 35.4 Å². The third-order valence-corrected chi connectivity index (χ3v) is 4.01. The van der Waals surface area contributed by atoms with Crippen molar-refractivity contribution in [1.29, 1.82) is 0 Å². The number of hydrogen-bond donors (Lipinski definition) is 1. The molecule has 6 nitrogen and oxygen atoms in total. The molecule has 1 aliphatic heterocycles. The number of nitrogens with one attached hydrogen (secondary N) is 1. The average molecular weight is 361 g/mol. The largest absolute Gasteiger partial charge is 0.459 e. The highest BCUT2D eigenvalue weighted by molar-refractivity contribution is 5.83. The van der Waals surface area contributed by atoms with E-state index in [1.807, 2.05) is 39.8 Å². The Kier molecular flexibility index (Phi) is 7.03. The molecule has 1 aliphatic rings. The Hall–Kier alpha value is -2.08. The van der Waals surface area contributed by atoms with Crippen molar-refractivity contribution in [2.24, 2.45) is 4.99 Å². The van der Waals surface area contributed by atoms with Crippen LogP contribution in [0, 0.1) is 6.92 Å². The number of benzene rings is 1. The molecule has 144 valence electrons. The SMILES string of the molecule is CCNC(=NCC(=O)OC(C)(C)C)N1CCOC(c2ccccc2C)C1. The normalized spacial score (nSPS) is 18.6. The minimum atomic E-state index is -0.500. The summed E-state index contributed by atoms with van der Waals surface area (Å²) in [5.41, 5.74) is 1.91. The quantitative estimate of drug-likeness (QED) is 0.507. The second-order valence-corrected chi connectivity index (χ2v) is 7.42. The number of hydrogen-bond acceptors (Lipinski definition) is 4.